The number of carbonyl (C=O) groups excluding carboxylic acids is 1. The highest BCUT2D eigenvalue weighted by atomic mass is 35.5. The zero-order chi connectivity index (χ0) is 15.9. The van der Waals surface area contributed by atoms with Gasteiger partial charge in [0.15, 0.2) is 6.61 Å². The molecule has 5 heteroatoms. The van der Waals surface area contributed by atoms with Gasteiger partial charge in [0.1, 0.15) is 11.5 Å². The van der Waals surface area contributed by atoms with E-state index in [1.165, 1.54) is 0 Å². The largest absolute Gasteiger partial charge is 0.497 e. The second-order valence-corrected chi connectivity index (χ2v) is 5.25. The number of carbonyl (C=O) groups is 1. The van der Waals surface area contributed by atoms with Gasteiger partial charge in [0, 0.05) is 11.1 Å². The number of ether oxygens (including phenoxy) is 2. The number of methoxy groups -OCH3 is 1. The van der Waals surface area contributed by atoms with Crippen molar-refractivity contribution in [3.05, 3.63) is 59.1 Å². The predicted octanol–water partition coefficient (Wildman–Crippen LogP) is 3.60. The van der Waals surface area contributed by atoms with Crippen LogP contribution in [0.4, 0.5) is 0 Å². The molecule has 1 atom stereocenters. The van der Waals surface area contributed by atoms with Crippen molar-refractivity contribution in [2.45, 2.75) is 13.0 Å². The van der Waals surface area contributed by atoms with Gasteiger partial charge < -0.3 is 14.8 Å². The molecule has 1 unspecified atom stereocenters. The highest BCUT2D eigenvalue weighted by Crippen LogP contribution is 2.19. The molecule has 0 aromatic heterocycles. The van der Waals surface area contributed by atoms with Gasteiger partial charge in [0.05, 0.1) is 13.2 Å². The molecule has 0 radical (unpaired) electrons. The molecule has 22 heavy (non-hydrogen) atoms. The maximum Gasteiger partial charge on any atom is 0.258 e. The first-order chi connectivity index (χ1) is 10.6. The van der Waals surface area contributed by atoms with Crippen LogP contribution in [0.3, 0.4) is 0 Å². The van der Waals surface area contributed by atoms with Gasteiger partial charge in [-0.3, -0.25) is 4.79 Å². The lowest BCUT2D eigenvalue weighted by molar-refractivity contribution is -0.123. The molecule has 0 saturated carbocycles. The summed E-state index contributed by atoms with van der Waals surface area (Å²) in [5.74, 6) is 1.07. The van der Waals surface area contributed by atoms with E-state index in [9.17, 15) is 4.79 Å². The molecule has 116 valence electrons. The fourth-order valence-corrected chi connectivity index (χ4v) is 2.18. The van der Waals surface area contributed by atoms with Crippen molar-refractivity contribution in [1.82, 2.24) is 5.32 Å². The third kappa shape index (κ3) is 4.67. The summed E-state index contributed by atoms with van der Waals surface area (Å²) in [4.78, 5) is 11.9. The average Bonchev–Trinajstić information content (AvgIpc) is 2.53. The molecular weight excluding hydrogens is 302 g/mol. The number of hydrogen-bond acceptors (Lipinski definition) is 3. The molecular formula is C17H18ClNO3. The fourth-order valence-electron chi connectivity index (χ4n) is 1.98. The molecule has 0 fully saturated rings. The molecule has 1 N–H and O–H groups in total. The van der Waals surface area contributed by atoms with Crippen molar-refractivity contribution in [2.75, 3.05) is 13.7 Å². The zero-order valence-electron chi connectivity index (χ0n) is 12.5. The van der Waals surface area contributed by atoms with Crippen LogP contribution in [0.15, 0.2) is 48.5 Å². The molecule has 0 spiro atoms. The molecule has 0 aliphatic rings. The van der Waals surface area contributed by atoms with E-state index in [4.69, 9.17) is 21.1 Å². The van der Waals surface area contributed by atoms with Crippen LogP contribution in [0.2, 0.25) is 5.02 Å². The van der Waals surface area contributed by atoms with E-state index < -0.39 is 0 Å². The van der Waals surface area contributed by atoms with Gasteiger partial charge in [-0.05, 0) is 36.8 Å². The van der Waals surface area contributed by atoms with Gasteiger partial charge in [0.25, 0.3) is 5.91 Å². The van der Waals surface area contributed by atoms with Crippen molar-refractivity contribution in [2.24, 2.45) is 0 Å². The third-order valence-electron chi connectivity index (χ3n) is 3.14. The van der Waals surface area contributed by atoms with Gasteiger partial charge in [-0.2, -0.15) is 0 Å². The Morgan fingerprint density at radius 1 is 1.18 bits per heavy atom. The van der Waals surface area contributed by atoms with E-state index in [1.54, 1.807) is 31.4 Å². The maximum atomic E-state index is 11.9. The Labute approximate surface area is 135 Å². The summed E-state index contributed by atoms with van der Waals surface area (Å²) in [6.45, 7) is 1.84. The normalized spacial score (nSPS) is 11.6. The molecule has 0 aliphatic heterocycles. The number of amides is 1. The minimum atomic E-state index is -0.199. The van der Waals surface area contributed by atoms with E-state index in [0.717, 1.165) is 5.56 Å². The van der Waals surface area contributed by atoms with Crippen molar-refractivity contribution in [3.63, 3.8) is 0 Å². The summed E-state index contributed by atoms with van der Waals surface area (Å²) >= 11 is 5.95. The van der Waals surface area contributed by atoms with E-state index in [2.05, 4.69) is 5.32 Å². The van der Waals surface area contributed by atoms with Crippen LogP contribution in [0.25, 0.3) is 0 Å². The first kappa shape index (κ1) is 16.2. The topological polar surface area (TPSA) is 47.6 Å². The van der Waals surface area contributed by atoms with Gasteiger partial charge in [-0.25, -0.2) is 0 Å². The summed E-state index contributed by atoms with van der Waals surface area (Å²) < 4.78 is 10.6. The third-order valence-corrected chi connectivity index (χ3v) is 3.37. The summed E-state index contributed by atoms with van der Waals surface area (Å²) in [5, 5.41) is 3.51. The second-order valence-electron chi connectivity index (χ2n) is 4.81. The predicted molar refractivity (Wildman–Crippen MR) is 86.5 cm³/mol. The smallest absolute Gasteiger partial charge is 0.258 e. The Kier molecular flexibility index (Phi) is 5.67. The summed E-state index contributed by atoms with van der Waals surface area (Å²) in [5.41, 5.74) is 0.947. The van der Waals surface area contributed by atoms with Gasteiger partial charge in [-0.15, -0.1) is 0 Å². The molecule has 0 bridgehead atoms. The Hall–Kier alpha value is -2.20. The lowest BCUT2D eigenvalue weighted by Crippen LogP contribution is -2.31. The molecule has 4 nitrogen and oxygen atoms in total. The van der Waals surface area contributed by atoms with E-state index in [0.29, 0.717) is 16.5 Å². The lowest BCUT2D eigenvalue weighted by Gasteiger charge is -2.15. The molecule has 2 aromatic carbocycles. The van der Waals surface area contributed by atoms with Gasteiger partial charge in [0.2, 0.25) is 0 Å². The second kappa shape index (κ2) is 7.71. The van der Waals surface area contributed by atoms with Crippen molar-refractivity contribution >= 4 is 17.5 Å². The van der Waals surface area contributed by atoms with Crippen LogP contribution in [-0.4, -0.2) is 19.6 Å². The van der Waals surface area contributed by atoms with Crippen LogP contribution in [0, 0.1) is 0 Å². The highest BCUT2D eigenvalue weighted by molar-refractivity contribution is 6.30. The van der Waals surface area contributed by atoms with E-state index >= 15 is 0 Å². The van der Waals surface area contributed by atoms with Crippen LogP contribution in [-0.2, 0) is 4.79 Å². The van der Waals surface area contributed by atoms with Crippen molar-refractivity contribution in [1.29, 1.82) is 0 Å². The monoisotopic (exact) mass is 319 g/mol. The molecule has 0 saturated heterocycles. The van der Waals surface area contributed by atoms with E-state index in [-0.39, 0.29) is 18.6 Å². The Bertz CT molecular complexity index is 645. The van der Waals surface area contributed by atoms with Crippen LogP contribution in [0.1, 0.15) is 18.5 Å². The quantitative estimate of drug-likeness (QED) is 0.885. The Morgan fingerprint density at radius 2 is 1.91 bits per heavy atom. The first-order valence-electron chi connectivity index (χ1n) is 6.90. The van der Waals surface area contributed by atoms with Crippen LogP contribution in [0.5, 0.6) is 11.5 Å². The summed E-state index contributed by atoms with van der Waals surface area (Å²) in [6.07, 6.45) is 0. The first-order valence-corrected chi connectivity index (χ1v) is 7.28. The molecule has 0 aliphatic carbocycles. The number of rotatable bonds is 6. The minimum absolute atomic E-state index is 0.0575. The average molecular weight is 320 g/mol. The van der Waals surface area contributed by atoms with Gasteiger partial charge >= 0.3 is 0 Å². The van der Waals surface area contributed by atoms with E-state index in [1.807, 2.05) is 31.2 Å². The van der Waals surface area contributed by atoms with Crippen molar-refractivity contribution in [3.8, 4) is 11.5 Å². The standard InChI is InChI=1S/C17H18ClNO3/c1-12(13-5-3-6-14(18)9-13)19-17(20)11-22-16-8-4-7-15(10-16)21-2/h3-10,12H,11H2,1-2H3,(H,19,20). The summed E-state index contributed by atoms with van der Waals surface area (Å²) in [7, 11) is 1.58. The SMILES string of the molecule is COc1cccc(OCC(=O)NC(C)c2cccc(Cl)c2)c1. The number of benzene rings is 2. The number of nitrogens with one attached hydrogen (secondary N) is 1. The Balaban J connectivity index is 1.87. The number of hydrogen-bond donors (Lipinski definition) is 1. The van der Waals surface area contributed by atoms with Crippen molar-refractivity contribution < 1.29 is 14.3 Å². The minimum Gasteiger partial charge on any atom is -0.497 e. The van der Waals surface area contributed by atoms with Gasteiger partial charge in [-0.1, -0.05) is 29.8 Å². The maximum absolute atomic E-state index is 11.9. The van der Waals surface area contributed by atoms with Crippen LogP contribution >= 0.6 is 11.6 Å². The summed E-state index contributed by atoms with van der Waals surface area (Å²) in [6, 6.07) is 14.4. The van der Waals surface area contributed by atoms with Crippen LogP contribution < -0.4 is 14.8 Å². The zero-order valence-corrected chi connectivity index (χ0v) is 13.3. The fraction of sp³-hybridized carbons (Fsp3) is 0.235. The Morgan fingerprint density at radius 3 is 2.64 bits per heavy atom. The molecule has 1 amide bonds. The molecule has 0 heterocycles. The number of halogens is 1. The lowest BCUT2D eigenvalue weighted by atomic mass is 10.1. The molecule has 2 aromatic rings. The highest BCUT2D eigenvalue weighted by Gasteiger charge is 2.10. The molecule has 2 rings (SSSR count).